The van der Waals surface area contributed by atoms with Gasteiger partial charge in [-0.3, -0.25) is 0 Å². The molecule has 0 spiro atoms. The first-order chi connectivity index (χ1) is 9.52. The lowest BCUT2D eigenvalue weighted by molar-refractivity contribution is 0.129. The zero-order chi connectivity index (χ0) is 14.3. The van der Waals surface area contributed by atoms with E-state index in [1.165, 1.54) is 0 Å². The highest BCUT2D eigenvalue weighted by atomic mass is 35.5. The molecule has 1 aromatic heterocycles. The monoisotopic (exact) mass is 291 g/mol. The van der Waals surface area contributed by atoms with Crippen LogP contribution in [0.15, 0.2) is 18.2 Å². The number of rotatable bonds is 2. The summed E-state index contributed by atoms with van der Waals surface area (Å²) in [5.74, 6) is 0.624. The number of halogens is 1. The molecular formula is C15H18ClN3O. The number of benzene rings is 1. The van der Waals surface area contributed by atoms with Crippen molar-refractivity contribution in [1.82, 2.24) is 15.2 Å². The predicted molar refractivity (Wildman–Crippen MR) is 81.0 cm³/mol. The minimum atomic E-state index is 0.0102. The highest BCUT2D eigenvalue weighted by molar-refractivity contribution is 6.32. The van der Waals surface area contributed by atoms with Gasteiger partial charge >= 0.3 is 6.03 Å². The van der Waals surface area contributed by atoms with Crippen LogP contribution >= 0.6 is 11.6 Å². The second-order valence-electron chi connectivity index (χ2n) is 5.65. The predicted octanol–water partition coefficient (Wildman–Crippen LogP) is 3.29. The van der Waals surface area contributed by atoms with Crippen LogP contribution in [0.3, 0.4) is 0 Å². The first-order valence-corrected chi connectivity index (χ1v) is 7.21. The molecule has 2 heterocycles. The van der Waals surface area contributed by atoms with Crippen molar-refractivity contribution in [3.63, 3.8) is 0 Å². The quantitative estimate of drug-likeness (QED) is 0.876. The summed E-state index contributed by atoms with van der Waals surface area (Å²) in [6.07, 6.45) is 0. The molecule has 3 rings (SSSR count). The Hall–Kier alpha value is -1.68. The van der Waals surface area contributed by atoms with Crippen molar-refractivity contribution >= 4 is 28.5 Å². The van der Waals surface area contributed by atoms with E-state index >= 15 is 0 Å². The summed E-state index contributed by atoms with van der Waals surface area (Å²) in [7, 11) is 0. The van der Waals surface area contributed by atoms with Crippen molar-refractivity contribution in [2.75, 3.05) is 13.1 Å². The summed E-state index contributed by atoms with van der Waals surface area (Å²) in [5.41, 5.74) is 3.09. The molecule has 4 nitrogen and oxygen atoms in total. The summed E-state index contributed by atoms with van der Waals surface area (Å²) < 4.78 is 0. The van der Waals surface area contributed by atoms with Crippen molar-refractivity contribution in [3.8, 4) is 0 Å². The number of hydrogen-bond acceptors (Lipinski definition) is 1. The maximum absolute atomic E-state index is 11.8. The molecule has 20 heavy (non-hydrogen) atoms. The van der Waals surface area contributed by atoms with Gasteiger partial charge in [-0.2, -0.15) is 0 Å². The van der Waals surface area contributed by atoms with Gasteiger partial charge in [0.1, 0.15) is 0 Å². The molecule has 5 heteroatoms. The van der Waals surface area contributed by atoms with Gasteiger partial charge in [0.25, 0.3) is 0 Å². The summed E-state index contributed by atoms with van der Waals surface area (Å²) in [6, 6.07) is 6.02. The number of hydrogen-bond donors (Lipinski definition) is 2. The van der Waals surface area contributed by atoms with Gasteiger partial charge in [0.15, 0.2) is 0 Å². The molecule has 0 radical (unpaired) electrons. The molecule has 1 aliphatic rings. The number of carbonyl (C=O) groups excluding carboxylic acids is 1. The van der Waals surface area contributed by atoms with E-state index < -0.39 is 0 Å². The third kappa shape index (κ3) is 2.48. The van der Waals surface area contributed by atoms with Crippen molar-refractivity contribution in [2.45, 2.75) is 20.4 Å². The number of aromatic amines is 1. The number of aryl methyl sites for hydroxylation is 1. The minimum Gasteiger partial charge on any atom is -0.357 e. The van der Waals surface area contributed by atoms with E-state index in [0.29, 0.717) is 12.5 Å². The fourth-order valence-electron chi connectivity index (χ4n) is 2.56. The van der Waals surface area contributed by atoms with E-state index in [2.05, 4.69) is 17.2 Å². The zero-order valence-corrected chi connectivity index (χ0v) is 12.4. The van der Waals surface area contributed by atoms with Gasteiger partial charge in [0, 0.05) is 34.7 Å². The molecule has 0 saturated carbocycles. The number of H-pyrrole nitrogens is 1. The van der Waals surface area contributed by atoms with E-state index in [4.69, 9.17) is 11.6 Å². The van der Waals surface area contributed by atoms with Crippen LogP contribution in [0.5, 0.6) is 0 Å². The van der Waals surface area contributed by atoms with Crippen molar-refractivity contribution < 1.29 is 4.79 Å². The third-order valence-electron chi connectivity index (χ3n) is 3.74. The van der Waals surface area contributed by atoms with E-state index in [-0.39, 0.29) is 6.03 Å². The number of carbonyl (C=O) groups is 1. The van der Waals surface area contributed by atoms with Gasteiger partial charge in [0.2, 0.25) is 0 Å². The summed E-state index contributed by atoms with van der Waals surface area (Å²) in [5, 5.41) is 4.77. The highest BCUT2D eigenvalue weighted by Crippen LogP contribution is 2.24. The first-order valence-electron chi connectivity index (χ1n) is 6.83. The van der Waals surface area contributed by atoms with Crippen LogP contribution in [0.25, 0.3) is 10.9 Å². The zero-order valence-electron chi connectivity index (χ0n) is 11.7. The lowest BCUT2D eigenvalue weighted by Gasteiger charge is -2.36. The second-order valence-corrected chi connectivity index (χ2v) is 6.06. The van der Waals surface area contributed by atoms with Crippen molar-refractivity contribution in [2.24, 2.45) is 5.92 Å². The SMILES string of the molecule is Cc1cc2[nH]c(CNC(=O)N3CC(C)C3)cc2cc1Cl. The molecule has 0 bridgehead atoms. The van der Waals surface area contributed by atoms with Crippen LogP contribution in [0.4, 0.5) is 4.79 Å². The molecule has 1 saturated heterocycles. The number of nitrogens with one attached hydrogen (secondary N) is 2. The Labute approximate surface area is 123 Å². The molecule has 0 aliphatic carbocycles. The standard InChI is InChI=1S/C15H18ClN3O/c1-9-7-19(8-9)15(20)17-6-12-4-11-5-13(16)10(2)3-14(11)18-12/h3-5,9,18H,6-8H2,1-2H3,(H,17,20). The molecule has 2 amide bonds. The van der Waals surface area contributed by atoms with Gasteiger partial charge in [-0.1, -0.05) is 18.5 Å². The number of fused-ring (bicyclic) bond motifs is 1. The number of aromatic nitrogens is 1. The molecule has 1 aromatic carbocycles. The van der Waals surface area contributed by atoms with Gasteiger partial charge < -0.3 is 15.2 Å². The van der Waals surface area contributed by atoms with E-state index in [1.54, 1.807) is 0 Å². The lowest BCUT2D eigenvalue weighted by Crippen LogP contribution is -2.52. The molecule has 2 aromatic rings. The van der Waals surface area contributed by atoms with Gasteiger partial charge in [0.05, 0.1) is 6.54 Å². The van der Waals surface area contributed by atoms with Crippen molar-refractivity contribution in [1.29, 1.82) is 0 Å². The summed E-state index contributed by atoms with van der Waals surface area (Å²) >= 11 is 6.12. The summed E-state index contributed by atoms with van der Waals surface area (Å²) in [6.45, 7) is 6.35. The molecular weight excluding hydrogens is 274 g/mol. The molecule has 2 N–H and O–H groups in total. The molecule has 1 fully saturated rings. The lowest BCUT2D eigenvalue weighted by atomic mass is 10.0. The fourth-order valence-corrected chi connectivity index (χ4v) is 2.74. The number of nitrogens with zero attached hydrogens (tertiary/aromatic N) is 1. The third-order valence-corrected chi connectivity index (χ3v) is 4.14. The van der Waals surface area contributed by atoms with Crippen molar-refractivity contribution in [3.05, 3.63) is 34.5 Å². The van der Waals surface area contributed by atoms with Crippen LogP contribution in [0, 0.1) is 12.8 Å². The Morgan fingerprint density at radius 2 is 2.20 bits per heavy atom. The van der Waals surface area contributed by atoms with Gasteiger partial charge in [-0.15, -0.1) is 0 Å². The van der Waals surface area contributed by atoms with Crippen LogP contribution < -0.4 is 5.32 Å². The van der Waals surface area contributed by atoms with E-state index in [0.717, 1.165) is 40.3 Å². The Morgan fingerprint density at radius 3 is 2.90 bits per heavy atom. The molecule has 1 aliphatic heterocycles. The van der Waals surface area contributed by atoms with Crippen LogP contribution in [0.2, 0.25) is 5.02 Å². The smallest absolute Gasteiger partial charge is 0.317 e. The van der Waals surface area contributed by atoms with E-state index in [1.807, 2.05) is 30.0 Å². The maximum Gasteiger partial charge on any atom is 0.317 e. The van der Waals surface area contributed by atoms with Gasteiger partial charge in [-0.05, 0) is 36.6 Å². The minimum absolute atomic E-state index is 0.0102. The fraction of sp³-hybridized carbons (Fsp3) is 0.400. The highest BCUT2D eigenvalue weighted by Gasteiger charge is 2.26. The topological polar surface area (TPSA) is 48.1 Å². The Balaban J connectivity index is 1.67. The Morgan fingerprint density at radius 1 is 1.45 bits per heavy atom. The average Bonchev–Trinajstić information content (AvgIpc) is 2.75. The normalized spacial score (nSPS) is 15.4. The Kier molecular flexibility index (Phi) is 3.34. The van der Waals surface area contributed by atoms with Crippen LogP contribution in [-0.4, -0.2) is 29.0 Å². The first kappa shape index (κ1) is 13.3. The number of likely N-dealkylation sites (tertiary alicyclic amines) is 1. The van der Waals surface area contributed by atoms with Crippen LogP contribution in [-0.2, 0) is 6.54 Å². The molecule has 0 unspecified atom stereocenters. The maximum atomic E-state index is 11.8. The molecule has 0 atom stereocenters. The average molecular weight is 292 g/mol. The molecule has 106 valence electrons. The van der Waals surface area contributed by atoms with Gasteiger partial charge in [-0.25, -0.2) is 4.79 Å². The largest absolute Gasteiger partial charge is 0.357 e. The van der Waals surface area contributed by atoms with Crippen LogP contribution in [0.1, 0.15) is 18.2 Å². The number of urea groups is 1. The Bertz CT molecular complexity index is 619. The van der Waals surface area contributed by atoms with E-state index in [9.17, 15) is 4.79 Å². The summed E-state index contributed by atoms with van der Waals surface area (Å²) in [4.78, 5) is 17.0. The second kappa shape index (κ2) is 5.02. The number of amides is 2.